The summed E-state index contributed by atoms with van der Waals surface area (Å²) in [7, 11) is 0. The smallest absolute Gasteiger partial charge is 0.307 e. The first-order chi connectivity index (χ1) is 13.5. The van der Waals surface area contributed by atoms with E-state index in [1.54, 1.807) is 36.4 Å². The summed E-state index contributed by atoms with van der Waals surface area (Å²) in [4.78, 5) is 25.1. The number of ketones is 1. The molecule has 142 valence electrons. The standard InChI is InChI=1S/C23H20O4S/c24-20-12-10-17(11-13-20)16-6-8-18(9-7-16)22(25)14-19(23(26)27)15-28-21-4-2-1-3-5-21/h1-13,19,24H,14-15H2,(H,26,27). The largest absolute Gasteiger partial charge is 0.508 e. The van der Waals surface area contributed by atoms with E-state index in [1.165, 1.54) is 11.8 Å². The Morgan fingerprint density at radius 2 is 1.39 bits per heavy atom. The molecule has 28 heavy (non-hydrogen) atoms. The molecular weight excluding hydrogens is 372 g/mol. The number of benzene rings is 3. The van der Waals surface area contributed by atoms with Gasteiger partial charge in [0.25, 0.3) is 0 Å². The zero-order chi connectivity index (χ0) is 19.9. The van der Waals surface area contributed by atoms with Gasteiger partial charge in [-0.3, -0.25) is 9.59 Å². The molecule has 0 saturated heterocycles. The van der Waals surface area contributed by atoms with Gasteiger partial charge in [0.15, 0.2) is 5.78 Å². The average molecular weight is 392 g/mol. The van der Waals surface area contributed by atoms with Crippen molar-refractivity contribution in [2.75, 3.05) is 5.75 Å². The molecular formula is C23H20O4S. The van der Waals surface area contributed by atoms with Gasteiger partial charge in [0.05, 0.1) is 5.92 Å². The zero-order valence-electron chi connectivity index (χ0n) is 15.1. The lowest BCUT2D eigenvalue weighted by Crippen LogP contribution is -2.20. The van der Waals surface area contributed by atoms with Gasteiger partial charge in [0.1, 0.15) is 5.75 Å². The second-order valence-corrected chi connectivity index (χ2v) is 7.50. The molecule has 4 nitrogen and oxygen atoms in total. The lowest BCUT2D eigenvalue weighted by atomic mass is 9.97. The van der Waals surface area contributed by atoms with E-state index in [0.717, 1.165) is 16.0 Å². The van der Waals surface area contributed by atoms with E-state index in [9.17, 15) is 19.8 Å². The van der Waals surface area contributed by atoms with Crippen LogP contribution in [0.25, 0.3) is 11.1 Å². The van der Waals surface area contributed by atoms with Crippen LogP contribution < -0.4 is 0 Å². The van der Waals surface area contributed by atoms with Crippen LogP contribution in [0.1, 0.15) is 16.8 Å². The van der Waals surface area contributed by atoms with Crippen LogP contribution in [0.5, 0.6) is 5.75 Å². The van der Waals surface area contributed by atoms with Gasteiger partial charge in [-0.05, 0) is 35.4 Å². The van der Waals surface area contributed by atoms with Crippen LogP contribution in [0.4, 0.5) is 0 Å². The summed E-state index contributed by atoms with van der Waals surface area (Å²) < 4.78 is 0. The Morgan fingerprint density at radius 3 is 1.96 bits per heavy atom. The fourth-order valence-corrected chi connectivity index (χ4v) is 3.78. The fraction of sp³-hybridized carbons (Fsp3) is 0.130. The topological polar surface area (TPSA) is 74.6 Å². The Kier molecular flexibility index (Phi) is 6.50. The van der Waals surface area contributed by atoms with Crippen LogP contribution in [0.3, 0.4) is 0 Å². The Balaban J connectivity index is 1.64. The van der Waals surface area contributed by atoms with E-state index in [2.05, 4.69) is 0 Å². The summed E-state index contributed by atoms with van der Waals surface area (Å²) in [5.74, 6) is -1.34. The predicted octanol–water partition coefficient (Wildman–Crippen LogP) is 5.13. The number of rotatable bonds is 8. The van der Waals surface area contributed by atoms with Gasteiger partial charge in [-0.1, -0.05) is 54.6 Å². The summed E-state index contributed by atoms with van der Waals surface area (Å²) in [5, 5.41) is 18.8. The molecule has 0 heterocycles. The summed E-state index contributed by atoms with van der Waals surface area (Å²) in [6.45, 7) is 0. The first kappa shape index (κ1) is 19.7. The third-order valence-electron chi connectivity index (χ3n) is 4.38. The number of carbonyl (C=O) groups is 2. The van der Waals surface area contributed by atoms with Crippen molar-refractivity contribution in [3.8, 4) is 16.9 Å². The van der Waals surface area contributed by atoms with E-state index in [1.807, 2.05) is 42.5 Å². The predicted molar refractivity (Wildman–Crippen MR) is 111 cm³/mol. The molecule has 0 aliphatic carbocycles. The molecule has 5 heteroatoms. The van der Waals surface area contributed by atoms with Gasteiger partial charge in [-0.2, -0.15) is 0 Å². The maximum absolute atomic E-state index is 12.6. The van der Waals surface area contributed by atoms with E-state index < -0.39 is 11.9 Å². The minimum atomic E-state index is -0.961. The third kappa shape index (κ3) is 5.24. The molecule has 0 aliphatic heterocycles. The highest BCUT2D eigenvalue weighted by atomic mass is 32.2. The molecule has 0 radical (unpaired) electrons. The van der Waals surface area contributed by atoms with Crippen molar-refractivity contribution in [2.24, 2.45) is 5.92 Å². The first-order valence-corrected chi connectivity index (χ1v) is 9.85. The quantitative estimate of drug-likeness (QED) is 0.411. The van der Waals surface area contributed by atoms with Gasteiger partial charge in [-0.15, -0.1) is 11.8 Å². The van der Waals surface area contributed by atoms with E-state index in [4.69, 9.17) is 0 Å². The Bertz CT molecular complexity index is 935. The molecule has 0 bridgehead atoms. The minimum absolute atomic E-state index is 0.0340. The number of carboxylic acid groups (broad SMARTS) is 1. The second kappa shape index (κ2) is 9.24. The minimum Gasteiger partial charge on any atom is -0.508 e. The number of phenolic OH excluding ortho intramolecular Hbond substituents is 1. The van der Waals surface area contributed by atoms with Gasteiger partial charge < -0.3 is 10.2 Å². The van der Waals surface area contributed by atoms with Gasteiger partial charge in [0.2, 0.25) is 0 Å². The molecule has 0 amide bonds. The molecule has 0 spiro atoms. The van der Waals surface area contributed by atoms with Crippen LogP contribution in [0, 0.1) is 5.92 Å². The lowest BCUT2D eigenvalue weighted by Gasteiger charge is -2.12. The van der Waals surface area contributed by atoms with Crippen molar-refractivity contribution in [3.63, 3.8) is 0 Å². The first-order valence-electron chi connectivity index (χ1n) is 8.86. The maximum atomic E-state index is 12.6. The molecule has 1 unspecified atom stereocenters. The molecule has 0 aromatic heterocycles. The van der Waals surface area contributed by atoms with Crippen molar-refractivity contribution in [3.05, 3.63) is 84.4 Å². The Labute approximate surface area is 167 Å². The van der Waals surface area contributed by atoms with Crippen LogP contribution in [-0.2, 0) is 4.79 Å². The number of hydrogen-bond donors (Lipinski definition) is 2. The third-order valence-corrected chi connectivity index (χ3v) is 5.56. The van der Waals surface area contributed by atoms with Crippen molar-refractivity contribution in [1.82, 2.24) is 0 Å². The molecule has 0 saturated carbocycles. The van der Waals surface area contributed by atoms with Crippen molar-refractivity contribution in [2.45, 2.75) is 11.3 Å². The van der Waals surface area contributed by atoms with Crippen molar-refractivity contribution >= 4 is 23.5 Å². The number of carbonyl (C=O) groups excluding carboxylic acids is 1. The zero-order valence-corrected chi connectivity index (χ0v) is 15.9. The summed E-state index contributed by atoms with van der Waals surface area (Å²) in [5.41, 5.74) is 2.35. The molecule has 0 aliphatic rings. The number of aromatic hydroxyl groups is 1. The molecule has 0 fully saturated rings. The van der Waals surface area contributed by atoms with Crippen LogP contribution in [0.2, 0.25) is 0 Å². The monoisotopic (exact) mass is 392 g/mol. The molecule has 1 atom stereocenters. The van der Waals surface area contributed by atoms with Crippen molar-refractivity contribution in [1.29, 1.82) is 0 Å². The molecule has 3 aromatic carbocycles. The summed E-state index contributed by atoms with van der Waals surface area (Å²) >= 11 is 1.44. The van der Waals surface area contributed by atoms with E-state index in [0.29, 0.717) is 11.3 Å². The highest BCUT2D eigenvalue weighted by molar-refractivity contribution is 7.99. The average Bonchev–Trinajstić information content (AvgIpc) is 2.72. The highest BCUT2D eigenvalue weighted by Crippen LogP contribution is 2.25. The normalized spacial score (nSPS) is 11.7. The summed E-state index contributed by atoms with van der Waals surface area (Å²) in [6.07, 6.45) is -0.0340. The van der Waals surface area contributed by atoms with E-state index >= 15 is 0 Å². The number of carboxylic acids is 1. The molecule has 3 aromatic rings. The lowest BCUT2D eigenvalue weighted by molar-refractivity contribution is -0.140. The highest BCUT2D eigenvalue weighted by Gasteiger charge is 2.22. The van der Waals surface area contributed by atoms with Crippen molar-refractivity contribution < 1.29 is 19.8 Å². The van der Waals surface area contributed by atoms with E-state index in [-0.39, 0.29) is 18.0 Å². The van der Waals surface area contributed by atoms with Crippen LogP contribution in [0.15, 0.2) is 83.8 Å². The summed E-state index contributed by atoms with van der Waals surface area (Å²) in [6, 6.07) is 23.5. The van der Waals surface area contributed by atoms with Crippen LogP contribution in [-0.4, -0.2) is 27.7 Å². The number of aliphatic carboxylic acids is 1. The fourth-order valence-electron chi connectivity index (χ4n) is 2.78. The second-order valence-electron chi connectivity index (χ2n) is 6.41. The number of Topliss-reactive ketones (excluding diaryl/α,β-unsaturated/α-hetero) is 1. The van der Waals surface area contributed by atoms with Gasteiger partial charge in [0, 0.05) is 22.6 Å². The Hall–Kier alpha value is -3.05. The SMILES string of the molecule is O=C(CC(CSc1ccccc1)C(=O)O)c1ccc(-c2ccc(O)cc2)cc1. The van der Waals surface area contributed by atoms with Gasteiger partial charge in [-0.25, -0.2) is 0 Å². The number of phenols is 1. The van der Waals surface area contributed by atoms with Crippen LogP contribution >= 0.6 is 11.8 Å². The number of thioether (sulfide) groups is 1. The maximum Gasteiger partial charge on any atom is 0.307 e. The van der Waals surface area contributed by atoms with Gasteiger partial charge >= 0.3 is 5.97 Å². The molecule has 2 N–H and O–H groups in total. The number of hydrogen-bond acceptors (Lipinski definition) is 4. The Morgan fingerprint density at radius 1 is 0.821 bits per heavy atom. The molecule has 3 rings (SSSR count).